The van der Waals surface area contributed by atoms with E-state index in [1.807, 2.05) is 33.7 Å². The van der Waals surface area contributed by atoms with Crippen LogP contribution < -0.4 is 5.32 Å². The molecule has 2 N–H and O–H groups in total. The maximum Gasteiger partial charge on any atom is 0.290 e. The molecule has 0 saturated carbocycles. The number of rotatable bonds is 6. The predicted octanol–water partition coefficient (Wildman–Crippen LogP) is 1.45. The Morgan fingerprint density at radius 2 is 2.07 bits per heavy atom. The SMILES string of the molecule is CC(C)Cn1c(NC(=O)CN(C)C2CCS(=O)(=O)C2)nc2ccccc21.O=CO. The number of carbonyl (C=O) groups excluding carboxylic acids is 1. The van der Waals surface area contributed by atoms with E-state index in [-0.39, 0.29) is 36.5 Å². The van der Waals surface area contributed by atoms with E-state index in [0.717, 1.165) is 17.6 Å². The van der Waals surface area contributed by atoms with Crippen LogP contribution in [0.4, 0.5) is 5.95 Å². The number of benzene rings is 1. The van der Waals surface area contributed by atoms with Gasteiger partial charge in [0.15, 0.2) is 9.84 Å². The van der Waals surface area contributed by atoms with Crippen LogP contribution in [0.2, 0.25) is 0 Å². The summed E-state index contributed by atoms with van der Waals surface area (Å²) in [4.78, 5) is 27.2. The van der Waals surface area contributed by atoms with Crippen molar-refractivity contribution in [3.63, 3.8) is 0 Å². The Morgan fingerprint density at radius 3 is 2.66 bits per heavy atom. The molecule has 0 radical (unpaired) electrons. The molecule has 1 saturated heterocycles. The van der Waals surface area contributed by atoms with Gasteiger partial charge in [-0.1, -0.05) is 26.0 Å². The van der Waals surface area contributed by atoms with Gasteiger partial charge >= 0.3 is 0 Å². The van der Waals surface area contributed by atoms with Crippen LogP contribution in [0.1, 0.15) is 20.3 Å². The molecule has 1 aromatic carbocycles. The van der Waals surface area contributed by atoms with Gasteiger partial charge < -0.3 is 9.67 Å². The van der Waals surface area contributed by atoms with Crippen molar-refractivity contribution in [3.05, 3.63) is 24.3 Å². The van der Waals surface area contributed by atoms with Crippen molar-refractivity contribution < 1.29 is 23.1 Å². The summed E-state index contributed by atoms with van der Waals surface area (Å²) in [5.74, 6) is 1.10. The van der Waals surface area contributed by atoms with Crippen molar-refractivity contribution in [2.24, 2.45) is 5.92 Å². The molecule has 3 rings (SSSR count). The molecule has 2 heterocycles. The van der Waals surface area contributed by atoms with Crippen LogP contribution in [-0.4, -0.2) is 71.5 Å². The van der Waals surface area contributed by atoms with E-state index in [4.69, 9.17) is 9.90 Å². The Balaban J connectivity index is 0.000000941. The number of aromatic nitrogens is 2. The van der Waals surface area contributed by atoms with Gasteiger partial charge in [-0.3, -0.25) is 19.8 Å². The maximum atomic E-state index is 12.5. The molecule has 1 amide bonds. The summed E-state index contributed by atoms with van der Waals surface area (Å²) in [5, 5.41) is 9.79. The molecule has 1 aromatic heterocycles. The Kier molecular flexibility index (Phi) is 7.74. The zero-order valence-electron chi connectivity index (χ0n) is 16.9. The molecule has 1 fully saturated rings. The number of hydrogen-bond donors (Lipinski definition) is 2. The third kappa shape index (κ3) is 6.26. The third-order valence-corrected chi connectivity index (χ3v) is 6.43. The van der Waals surface area contributed by atoms with Gasteiger partial charge in [0.2, 0.25) is 11.9 Å². The second-order valence-electron chi connectivity index (χ2n) is 7.55. The fourth-order valence-electron chi connectivity index (χ4n) is 3.36. The molecule has 1 aliphatic heterocycles. The largest absolute Gasteiger partial charge is 0.483 e. The monoisotopic (exact) mass is 424 g/mol. The van der Waals surface area contributed by atoms with Gasteiger partial charge in [-0.05, 0) is 31.5 Å². The molecule has 0 aliphatic carbocycles. The highest BCUT2D eigenvalue weighted by Gasteiger charge is 2.31. The normalized spacial score (nSPS) is 17.9. The van der Waals surface area contributed by atoms with Gasteiger partial charge in [-0.15, -0.1) is 0 Å². The van der Waals surface area contributed by atoms with Crippen molar-refractivity contribution in [1.29, 1.82) is 0 Å². The molecule has 2 aromatic rings. The van der Waals surface area contributed by atoms with Crippen LogP contribution in [0.15, 0.2) is 24.3 Å². The van der Waals surface area contributed by atoms with Gasteiger partial charge in [-0.2, -0.15) is 0 Å². The second-order valence-corrected chi connectivity index (χ2v) is 9.78. The number of fused-ring (bicyclic) bond motifs is 1. The third-order valence-electron chi connectivity index (χ3n) is 4.68. The highest BCUT2D eigenvalue weighted by atomic mass is 32.2. The molecule has 10 heteroatoms. The first kappa shape index (κ1) is 22.8. The topological polar surface area (TPSA) is 122 Å². The molecule has 0 spiro atoms. The Bertz CT molecular complexity index is 955. The van der Waals surface area contributed by atoms with E-state index in [1.165, 1.54) is 0 Å². The summed E-state index contributed by atoms with van der Waals surface area (Å²) in [6.45, 7) is 4.89. The number of likely N-dealkylation sites (N-methyl/N-ethyl adjacent to an activating group) is 1. The van der Waals surface area contributed by atoms with E-state index >= 15 is 0 Å². The highest BCUT2D eigenvalue weighted by Crippen LogP contribution is 2.21. The summed E-state index contributed by atoms with van der Waals surface area (Å²) >= 11 is 0. The average molecular weight is 425 g/mol. The number of amides is 1. The molecular formula is C19H28N4O5S. The van der Waals surface area contributed by atoms with E-state index < -0.39 is 9.84 Å². The fourth-order valence-corrected chi connectivity index (χ4v) is 5.17. The number of carbonyl (C=O) groups is 2. The minimum Gasteiger partial charge on any atom is -0.483 e. The molecule has 29 heavy (non-hydrogen) atoms. The van der Waals surface area contributed by atoms with E-state index in [9.17, 15) is 13.2 Å². The first-order chi connectivity index (χ1) is 13.7. The number of imidazole rings is 1. The van der Waals surface area contributed by atoms with Crippen LogP contribution >= 0.6 is 0 Å². The highest BCUT2D eigenvalue weighted by molar-refractivity contribution is 7.91. The lowest BCUT2D eigenvalue weighted by Crippen LogP contribution is -2.39. The fraction of sp³-hybridized carbons (Fsp3) is 0.526. The summed E-state index contributed by atoms with van der Waals surface area (Å²) in [7, 11) is -1.17. The van der Waals surface area contributed by atoms with Crippen LogP contribution in [0, 0.1) is 5.92 Å². The van der Waals surface area contributed by atoms with Gasteiger partial charge in [0.1, 0.15) is 0 Å². The molecule has 1 atom stereocenters. The number of hydrogen-bond acceptors (Lipinski definition) is 6. The van der Waals surface area contributed by atoms with Crippen LogP contribution in [0.5, 0.6) is 0 Å². The van der Waals surface area contributed by atoms with Gasteiger partial charge in [-0.25, -0.2) is 13.4 Å². The van der Waals surface area contributed by atoms with Crippen LogP contribution in [0.3, 0.4) is 0 Å². The average Bonchev–Trinajstić information content (AvgIpc) is 3.15. The number of nitrogens with zero attached hydrogens (tertiary/aromatic N) is 3. The van der Waals surface area contributed by atoms with Crippen molar-refractivity contribution in [2.45, 2.75) is 32.9 Å². The molecule has 0 bridgehead atoms. The minimum absolute atomic E-state index is 0.0970. The minimum atomic E-state index is -2.96. The maximum absolute atomic E-state index is 12.5. The van der Waals surface area contributed by atoms with Gasteiger partial charge in [0.25, 0.3) is 6.47 Å². The molecule has 1 unspecified atom stereocenters. The lowest BCUT2D eigenvalue weighted by molar-refractivity contribution is -0.123. The molecule has 160 valence electrons. The standard InChI is InChI=1S/C18H26N4O3S.CH2O2/c1-13(2)10-22-16-7-5-4-6-15(16)19-18(22)20-17(23)11-21(3)14-8-9-26(24,25)12-14;2-1-3/h4-7,13-14H,8-12H2,1-3H3,(H,19,20,23);1H,(H,2,3). The van der Waals surface area contributed by atoms with Crippen LogP contribution in [0.25, 0.3) is 11.0 Å². The Morgan fingerprint density at radius 1 is 1.41 bits per heavy atom. The lowest BCUT2D eigenvalue weighted by Gasteiger charge is -2.22. The first-order valence-corrected chi connectivity index (χ1v) is 11.2. The van der Waals surface area contributed by atoms with Crippen molar-refractivity contribution in [2.75, 3.05) is 30.4 Å². The molecule has 1 aliphatic rings. The first-order valence-electron chi connectivity index (χ1n) is 9.40. The smallest absolute Gasteiger partial charge is 0.290 e. The summed E-state index contributed by atoms with van der Waals surface area (Å²) in [6, 6.07) is 7.71. The lowest BCUT2D eigenvalue weighted by atomic mass is 10.2. The second kappa shape index (κ2) is 9.84. The Labute approximate surface area is 170 Å². The zero-order valence-corrected chi connectivity index (χ0v) is 17.7. The van der Waals surface area contributed by atoms with Crippen LogP contribution in [-0.2, 0) is 26.0 Å². The summed E-state index contributed by atoms with van der Waals surface area (Å²) in [5.41, 5.74) is 1.84. The molecular weight excluding hydrogens is 396 g/mol. The van der Waals surface area contributed by atoms with Gasteiger partial charge in [0.05, 0.1) is 29.1 Å². The number of carboxylic acid groups (broad SMARTS) is 1. The van der Waals surface area contributed by atoms with Crippen molar-refractivity contribution in [1.82, 2.24) is 14.5 Å². The number of nitrogens with one attached hydrogen (secondary N) is 1. The zero-order chi connectivity index (χ0) is 21.6. The number of para-hydroxylation sites is 2. The van der Waals surface area contributed by atoms with Crippen molar-refractivity contribution >= 4 is 39.2 Å². The summed E-state index contributed by atoms with van der Waals surface area (Å²) < 4.78 is 25.3. The Hall–Kier alpha value is -2.46. The van der Waals surface area contributed by atoms with E-state index in [2.05, 4.69) is 24.1 Å². The predicted molar refractivity (Wildman–Crippen MR) is 112 cm³/mol. The number of anilines is 1. The van der Waals surface area contributed by atoms with E-state index in [0.29, 0.717) is 18.3 Å². The van der Waals surface area contributed by atoms with Crippen molar-refractivity contribution in [3.8, 4) is 0 Å². The quantitative estimate of drug-likeness (QED) is 0.673. The van der Waals surface area contributed by atoms with Gasteiger partial charge in [0, 0.05) is 12.6 Å². The number of sulfone groups is 1. The summed E-state index contributed by atoms with van der Waals surface area (Å²) in [6.07, 6.45) is 0.581. The molecule has 9 nitrogen and oxygen atoms in total. The van der Waals surface area contributed by atoms with E-state index in [1.54, 1.807) is 7.05 Å².